The Kier molecular flexibility index (Phi) is 5.51. The molecule has 4 heterocycles. The van der Waals surface area contributed by atoms with Gasteiger partial charge in [0, 0.05) is 38.0 Å². The standard InChI is InChI=1S/C19H15Br2N7O/c1-27-11-14(10-23-27)12-5-7-28-15(8-12)13(9-24-28)4-2-3-6-22-19(29)18-25-16(20)17(21)26-18/h5,7-11H,3,6H2,1H3,(H,22,29)(H,25,26). The zero-order valence-electron chi connectivity index (χ0n) is 15.3. The van der Waals surface area contributed by atoms with Gasteiger partial charge in [0.25, 0.3) is 5.91 Å². The van der Waals surface area contributed by atoms with Crippen LogP contribution < -0.4 is 5.32 Å². The second-order valence-electron chi connectivity index (χ2n) is 6.20. The normalized spacial score (nSPS) is 10.7. The fourth-order valence-electron chi connectivity index (χ4n) is 2.75. The topological polar surface area (TPSA) is 92.9 Å². The van der Waals surface area contributed by atoms with Gasteiger partial charge in [-0.25, -0.2) is 9.50 Å². The summed E-state index contributed by atoms with van der Waals surface area (Å²) >= 11 is 6.50. The summed E-state index contributed by atoms with van der Waals surface area (Å²) in [4.78, 5) is 18.9. The lowest BCUT2D eigenvalue weighted by Crippen LogP contribution is -2.25. The van der Waals surface area contributed by atoms with Crippen molar-refractivity contribution in [1.29, 1.82) is 0 Å². The summed E-state index contributed by atoms with van der Waals surface area (Å²) in [5.74, 6) is 6.17. The molecule has 0 atom stereocenters. The van der Waals surface area contributed by atoms with Crippen LogP contribution in [0.1, 0.15) is 22.6 Å². The number of nitrogens with one attached hydrogen (secondary N) is 2. The smallest absolute Gasteiger partial charge is 0.287 e. The van der Waals surface area contributed by atoms with Gasteiger partial charge < -0.3 is 10.3 Å². The first kappa shape index (κ1) is 19.4. The highest BCUT2D eigenvalue weighted by atomic mass is 79.9. The van der Waals surface area contributed by atoms with Crippen LogP contribution in [0.3, 0.4) is 0 Å². The number of carbonyl (C=O) groups excluding carboxylic acids is 1. The third-order valence-corrected chi connectivity index (χ3v) is 5.83. The van der Waals surface area contributed by atoms with Gasteiger partial charge in [-0.3, -0.25) is 9.48 Å². The maximum absolute atomic E-state index is 12.0. The van der Waals surface area contributed by atoms with E-state index in [0.717, 1.165) is 22.2 Å². The predicted molar refractivity (Wildman–Crippen MR) is 115 cm³/mol. The van der Waals surface area contributed by atoms with Crippen molar-refractivity contribution in [3.8, 4) is 23.0 Å². The van der Waals surface area contributed by atoms with E-state index in [1.54, 1.807) is 15.4 Å². The Labute approximate surface area is 183 Å². The van der Waals surface area contributed by atoms with Gasteiger partial charge in [0.2, 0.25) is 0 Å². The molecule has 4 aromatic heterocycles. The molecule has 0 fully saturated rings. The number of rotatable bonds is 4. The van der Waals surface area contributed by atoms with Crippen LogP contribution in [0.15, 0.2) is 46.1 Å². The molecule has 0 saturated heterocycles. The van der Waals surface area contributed by atoms with Crippen molar-refractivity contribution in [2.24, 2.45) is 7.05 Å². The molecule has 0 saturated carbocycles. The van der Waals surface area contributed by atoms with Crippen molar-refractivity contribution >= 4 is 43.3 Å². The van der Waals surface area contributed by atoms with E-state index in [-0.39, 0.29) is 11.7 Å². The Morgan fingerprint density at radius 1 is 1.28 bits per heavy atom. The number of carbonyl (C=O) groups is 1. The molecule has 4 rings (SSSR count). The number of aromatic amines is 1. The summed E-state index contributed by atoms with van der Waals surface area (Å²) in [5.41, 5.74) is 3.85. The summed E-state index contributed by atoms with van der Waals surface area (Å²) in [6, 6.07) is 4.04. The summed E-state index contributed by atoms with van der Waals surface area (Å²) in [5, 5.41) is 11.3. The Morgan fingerprint density at radius 2 is 2.14 bits per heavy atom. The summed E-state index contributed by atoms with van der Waals surface area (Å²) in [6.07, 6.45) is 7.95. The third kappa shape index (κ3) is 4.26. The van der Waals surface area contributed by atoms with Crippen LogP contribution in [0, 0.1) is 11.8 Å². The molecule has 0 aliphatic rings. The zero-order chi connectivity index (χ0) is 20.4. The highest BCUT2D eigenvalue weighted by Crippen LogP contribution is 2.21. The van der Waals surface area contributed by atoms with Crippen molar-refractivity contribution in [2.45, 2.75) is 6.42 Å². The predicted octanol–water partition coefficient (Wildman–Crippen LogP) is 3.15. The minimum atomic E-state index is -0.282. The summed E-state index contributed by atoms with van der Waals surface area (Å²) in [6.45, 7) is 0.419. The second kappa shape index (κ2) is 8.23. The first-order chi connectivity index (χ1) is 14.0. The number of amides is 1. The van der Waals surface area contributed by atoms with Gasteiger partial charge >= 0.3 is 0 Å². The van der Waals surface area contributed by atoms with Crippen LogP contribution in [-0.2, 0) is 7.05 Å². The molecule has 2 N–H and O–H groups in total. The highest BCUT2D eigenvalue weighted by Gasteiger charge is 2.12. The molecule has 0 unspecified atom stereocenters. The van der Waals surface area contributed by atoms with E-state index in [1.165, 1.54) is 0 Å². The number of imidazole rings is 1. The quantitative estimate of drug-likeness (QED) is 0.322. The number of H-pyrrole nitrogens is 1. The lowest BCUT2D eigenvalue weighted by molar-refractivity contribution is 0.0945. The number of aryl methyl sites for hydroxylation is 1. The second-order valence-corrected chi connectivity index (χ2v) is 7.75. The fraction of sp³-hybridized carbons (Fsp3) is 0.158. The molecule has 8 nitrogen and oxygen atoms in total. The molecule has 29 heavy (non-hydrogen) atoms. The molecule has 0 aliphatic carbocycles. The summed E-state index contributed by atoms with van der Waals surface area (Å²) in [7, 11) is 1.89. The van der Waals surface area contributed by atoms with Crippen LogP contribution in [0.2, 0.25) is 0 Å². The molecule has 0 bridgehead atoms. The van der Waals surface area contributed by atoms with Crippen LogP contribution in [0.5, 0.6) is 0 Å². The van der Waals surface area contributed by atoms with Crippen LogP contribution in [0.4, 0.5) is 0 Å². The van der Waals surface area contributed by atoms with Crippen LogP contribution in [-0.4, -0.2) is 41.8 Å². The number of halogens is 2. The highest BCUT2D eigenvalue weighted by molar-refractivity contribution is 9.13. The van der Waals surface area contributed by atoms with Gasteiger partial charge in [-0.05, 0) is 49.6 Å². The molecule has 4 aromatic rings. The van der Waals surface area contributed by atoms with E-state index in [4.69, 9.17) is 0 Å². The van der Waals surface area contributed by atoms with E-state index in [9.17, 15) is 4.79 Å². The number of hydrogen-bond donors (Lipinski definition) is 2. The van der Waals surface area contributed by atoms with Crippen molar-refractivity contribution in [3.05, 3.63) is 57.5 Å². The molecule has 0 radical (unpaired) electrons. The van der Waals surface area contributed by atoms with Gasteiger partial charge in [0.05, 0.1) is 23.5 Å². The molecule has 0 aromatic carbocycles. The van der Waals surface area contributed by atoms with Crippen LogP contribution >= 0.6 is 31.9 Å². The lowest BCUT2D eigenvalue weighted by Gasteiger charge is -1.99. The van der Waals surface area contributed by atoms with E-state index in [1.807, 2.05) is 37.8 Å². The molecule has 0 aliphatic heterocycles. The van der Waals surface area contributed by atoms with Crippen molar-refractivity contribution in [2.75, 3.05) is 6.54 Å². The minimum absolute atomic E-state index is 0.238. The number of fused-ring (bicyclic) bond motifs is 1. The minimum Gasteiger partial charge on any atom is -0.348 e. The average Bonchev–Trinajstić information content (AvgIpc) is 3.40. The molecule has 146 valence electrons. The lowest BCUT2D eigenvalue weighted by atomic mass is 10.1. The largest absolute Gasteiger partial charge is 0.348 e. The molecule has 10 heteroatoms. The number of nitrogens with zero attached hydrogens (tertiary/aromatic N) is 5. The maximum atomic E-state index is 12.0. The van der Waals surface area contributed by atoms with Crippen LogP contribution in [0.25, 0.3) is 16.6 Å². The average molecular weight is 517 g/mol. The Bertz CT molecular complexity index is 1240. The van der Waals surface area contributed by atoms with Gasteiger partial charge in [-0.1, -0.05) is 11.8 Å². The molecular weight excluding hydrogens is 502 g/mol. The van der Waals surface area contributed by atoms with Crippen molar-refractivity contribution in [1.82, 2.24) is 34.7 Å². The third-order valence-electron chi connectivity index (χ3n) is 4.15. The Morgan fingerprint density at radius 3 is 2.86 bits per heavy atom. The number of pyridine rings is 1. The fourth-order valence-corrected chi connectivity index (χ4v) is 3.30. The van der Waals surface area contributed by atoms with Gasteiger partial charge in [0.1, 0.15) is 9.21 Å². The van der Waals surface area contributed by atoms with Gasteiger partial charge in [-0.15, -0.1) is 0 Å². The van der Waals surface area contributed by atoms with E-state index in [2.05, 4.69) is 69.2 Å². The van der Waals surface area contributed by atoms with E-state index in [0.29, 0.717) is 22.2 Å². The zero-order valence-corrected chi connectivity index (χ0v) is 18.5. The SMILES string of the molecule is Cn1cc(-c2ccn3ncc(C#CCCNC(=O)c4nc(Br)c(Br)[nH]4)c3c2)cn1. The molecule has 0 spiro atoms. The van der Waals surface area contributed by atoms with E-state index >= 15 is 0 Å². The first-order valence-electron chi connectivity index (χ1n) is 8.66. The van der Waals surface area contributed by atoms with Crippen molar-refractivity contribution in [3.63, 3.8) is 0 Å². The Hall–Kier alpha value is -2.90. The van der Waals surface area contributed by atoms with Gasteiger partial charge in [-0.2, -0.15) is 10.2 Å². The Balaban J connectivity index is 1.42. The molecule has 1 amide bonds. The summed E-state index contributed by atoms with van der Waals surface area (Å²) < 4.78 is 4.74. The maximum Gasteiger partial charge on any atom is 0.287 e. The number of aromatic nitrogens is 6. The van der Waals surface area contributed by atoms with Crippen molar-refractivity contribution < 1.29 is 4.79 Å². The molecular formula is C19H15Br2N7O. The number of hydrogen-bond acceptors (Lipinski definition) is 4. The first-order valence-corrected chi connectivity index (χ1v) is 10.2. The van der Waals surface area contributed by atoms with E-state index < -0.39 is 0 Å². The van der Waals surface area contributed by atoms with Gasteiger partial charge in [0.15, 0.2) is 5.82 Å². The monoisotopic (exact) mass is 515 g/mol.